The lowest BCUT2D eigenvalue weighted by Gasteiger charge is -2.31. The zero-order valence-corrected chi connectivity index (χ0v) is 31.6. The highest BCUT2D eigenvalue weighted by Gasteiger charge is 2.31. The van der Waals surface area contributed by atoms with Crippen LogP contribution in [0.3, 0.4) is 0 Å². The number of carboxylic acids is 1. The largest absolute Gasteiger partial charge is 0.477 e. The van der Waals surface area contributed by atoms with Crippen molar-refractivity contribution in [2.75, 3.05) is 41.0 Å². The Bertz CT molecular complexity index is 990. The van der Waals surface area contributed by atoms with Gasteiger partial charge in [0.2, 0.25) is 0 Å². The number of ether oxygens (including phenoxy) is 3. The Morgan fingerprint density at radius 2 is 1.14 bits per heavy atom. The number of hydrogen-bond acceptors (Lipinski definition) is 6. The first-order chi connectivity index (χ1) is 23.6. The van der Waals surface area contributed by atoms with Gasteiger partial charge in [0.1, 0.15) is 6.61 Å². The van der Waals surface area contributed by atoms with E-state index in [2.05, 4.69) is 74.6 Å². The normalized spacial score (nSPS) is 13.7. The second kappa shape index (κ2) is 32.2. The number of likely N-dealkylation sites (N-methyl/N-ethyl adjacent to an activating group) is 1. The van der Waals surface area contributed by atoms with Crippen LogP contribution in [0.5, 0.6) is 0 Å². The van der Waals surface area contributed by atoms with Gasteiger partial charge in [0.05, 0.1) is 34.4 Å². The van der Waals surface area contributed by atoms with Crippen LogP contribution >= 0.6 is 0 Å². The molecule has 49 heavy (non-hydrogen) atoms. The fourth-order valence-electron chi connectivity index (χ4n) is 5.00. The average Bonchev–Trinajstić information content (AvgIpc) is 3.05. The predicted octanol–water partition coefficient (Wildman–Crippen LogP) is 9.46. The molecular formula is C41H70NO7+. The number of hydrogen-bond donors (Lipinski definition) is 1. The van der Waals surface area contributed by atoms with Crippen LogP contribution in [0, 0.1) is 0 Å². The highest BCUT2D eigenvalue weighted by atomic mass is 16.6. The summed E-state index contributed by atoms with van der Waals surface area (Å²) in [6, 6.07) is -0.620. The van der Waals surface area contributed by atoms with Crippen molar-refractivity contribution in [3.8, 4) is 0 Å². The Kier molecular flexibility index (Phi) is 30.3. The third-order valence-corrected chi connectivity index (χ3v) is 7.93. The van der Waals surface area contributed by atoms with Crippen molar-refractivity contribution in [2.24, 2.45) is 0 Å². The standard InChI is InChI=1S/C41H69NO7/c1-6-8-10-12-14-15-16-17-18-19-20-21-22-23-24-25-26-28-30-32-40(44)49-37(35-47-34-33-38(41(45)46)42(3,4)5)36-48-39(43)31-29-27-13-11-9-7-2/h8,10,14-15,17-18,20-21,23-24,37-38H,6-7,9,11-13,16,19,22,25-36H2,1-5H3/p+1/b10-8-,15-14-,18-17-,21-20-,24-23-. The zero-order valence-electron chi connectivity index (χ0n) is 31.6. The number of aliphatic carboxylic acids is 1. The van der Waals surface area contributed by atoms with E-state index in [9.17, 15) is 19.5 Å². The predicted molar refractivity (Wildman–Crippen MR) is 201 cm³/mol. The Morgan fingerprint density at radius 3 is 1.69 bits per heavy atom. The minimum Gasteiger partial charge on any atom is -0.477 e. The minimum absolute atomic E-state index is 0.0452. The molecule has 0 aliphatic carbocycles. The number of esters is 2. The lowest BCUT2D eigenvalue weighted by Crippen LogP contribution is -2.50. The molecule has 8 nitrogen and oxygen atoms in total. The Labute approximate surface area is 298 Å². The zero-order chi connectivity index (χ0) is 36.4. The molecule has 0 rings (SSSR count). The summed E-state index contributed by atoms with van der Waals surface area (Å²) < 4.78 is 17.1. The molecule has 0 aliphatic rings. The summed E-state index contributed by atoms with van der Waals surface area (Å²) in [4.78, 5) is 36.6. The Balaban J connectivity index is 4.41. The van der Waals surface area contributed by atoms with Crippen molar-refractivity contribution in [1.29, 1.82) is 0 Å². The number of carbonyl (C=O) groups is 3. The van der Waals surface area contributed by atoms with Crippen molar-refractivity contribution in [3.05, 3.63) is 60.8 Å². The molecule has 280 valence electrons. The number of unbranched alkanes of at least 4 members (excludes halogenated alkanes) is 8. The van der Waals surface area contributed by atoms with Crippen LogP contribution in [0.2, 0.25) is 0 Å². The number of carbonyl (C=O) groups excluding carboxylic acids is 2. The molecule has 8 heteroatoms. The van der Waals surface area contributed by atoms with Crippen molar-refractivity contribution < 1.29 is 38.2 Å². The van der Waals surface area contributed by atoms with E-state index in [1.807, 2.05) is 21.1 Å². The maximum atomic E-state index is 12.6. The SMILES string of the molecule is CC/C=C\C/C=C\C/C=C\C/C=C\C/C=C\CCCCCC(=O)OC(COCCC(C(=O)O)[N+](C)(C)C)COC(=O)CCCCCCCC. The fraction of sp³-hybridized carbons (Fsp3) is 0.683. The number of quaternary nitrogens is 1. The Hall–Kier alpha value is -2.97. The van der Waals surface area contributed by atoms with Crippen LogP contribution in [0.4, 0.5) is 0 Å². The molecular weight excluding hydrogens is 618 g/mol. The molecule has 0 saturated heterocycles. The van der Waals surface area contributed by atoms with Crippen LogP contribution in [0.25, 0.3) is 0 Å². The third-order valence-electron chi connectivity index (χ3n) is 7.93. The topological polar surface area (TPSA) is 99.1 Å². The molecule has 0 fully saturated rings. The van der Waals surface area contributed by atoms with E-state index in [4.69, 9.17) is 14.2 Å². The number of allylic oxidation sites excluding steroid dienone is 10. The summed E-state index contributed by atoms with van der Waals surface area (Å²) in [5.74, 6) is -1.53. The number of nitrogens with zero attached hydrogens (tertiary/aromatic N) is 1. The number of carboxylic acid groups (broad SMARTS) is 1. The second-order valence-corrected chi connectivity index (χ2v) is 13.5. The van der Waals surface area contributed by atoms with E-state index < -0.39 is 18.1 Å². The van der Waals surface area contributed by atoms with E-state index in [0.29, 0.717) is 12.8 Å². The van der Waals surface area contributed by atoms with Gasteiger partial charge in [-0.2, -0.15) is 0 Å². The molecule has 0 aromatic heterocycles. The molecule has 0 bridgehead atoms. The van der Waals surface area contributed by atoms with E-state index >= 15 is 0 Å². The molecule has 0 aromatic rings. The molecule has 2 unspecified atom stereocenters. The molecule has 0 aromatic carbocycles. The molecule has 0 heterocycles. The third kappa shape index (κ3) is 30.8. The van der Waals surface area contributed by atoms with E-state index in [1.54, 1.807) is 0 Å². The van der Waals surface area contributed by atoms with Crippen LogP contribution < -0.4 is 0 Å². The van der Waals surface area contributed by atoms with Gasteiger partial charge in [-0.3, -0.25) is 9.59 Å². The molecule has 1 N–H and O–H groups in total. The molecule has 0 spiro atoms. The Morgan fingerprint density at radius 1 is 0.633 bits per heavy atom. The maximum Gasteiger partial charge on any atom is 0.362 e. The summed E-state index contributed by atoms with van der Waals surface area (Å²) >= 11 is 0. The molecule has 0 amide bonds. The van der Waals surface area contributed by atoms with Crippen molar-refractivity contribution in [2.45, 2.75) is 142 Å². The molecule has 0 saturated carbocycles. The van der Waals surface area contributed by atoms with Gasteiger partial charge in [-0.25, -0.2) is 4.79 Å². The summed E-state index contributed by atoms with van der Waals surface area (Å²) in [6.07, 6.45) is 37.1. The summed E-state index contributed by atoms with van der Waals surface area (Å²) in [7, 11) is 5.49. The van der Waals surface area contributed by atoms with E-state index in [1.165, 1.54) is 19.3 Å². The summed E-state index contributed by atoms with van der Waals surface area (Å²) in [5, 5.41) is 9.56. The maximum absolute atomic E-state index is 12.6. The van der Waals surface area contributed by atoms with Crippen LogP contribution in [0.15, 0.2) is 60.8 Å². The first-order valence-electron chi connectivity index (χ1n) is 18.8. The molecule has 0 aliphatic heterocycles. The number of rotatable bonds is 32. The molecule has 0 radical (unpaired) electrons. The van der Waals surface area contributed by atoms with Gasteiger partial charge in [-0.05, 0) is 57.8 Å². The van der Waals surface area contributed by atoms with E-state index in [-0.39, 0.29) is 42.7 Å². The van der Waals surface area contributed by atoms with Gasteiger partial charge >= 0.3 is 17.9 Å². The smallest absolute Gasteiger partial charge is 0.362 e. The fourth-order valence-corrected chi connectivity index (χ4v) is 5.00. The lowest BCUT2D eigenvalue weighted by atomic mass is 10.1. The highest BCUT2D eigenvalue weighted by molar-refractivity contribution is 5.72. The van der Waals surface area contributed by atoms with Crippen molar-refractivity contribution in [1.82, 2.24) is 0 Å². The summed E-state index contributed by atoms with van der Waals surface area (Å²) in [5.41, 5.74) is 0. The quantitative estimate of drug-likeness (QED) is 0.0325. The summed E-state index contributed by atoms with van der Waals surface area (Å²) in [6.45, 7) is 4.49. The average molecular weight is 689 g/mol. The first-order valence-corrected chi connectivity index (χ1v) is 18.8. The van der Waals surface area contributed by atoms with Crippen LogP contribution in [-0.4, -0.2) is 80.6 Å². The van der Waals surface area contributed by atoms with Crippen molar-refractivity contribution in [3.63, 3.8) is 0 Å². The minimum atomic E-state index is -0.885. The second-order valence-electron chi connectivity index (χ2n) is 13.5. The van der Waals surface area contributed by atoms with Crippen LogP contribution in [-0.2, 0) is 28.6 Å². The van der Waals surface area contributed by atoms with Gasteiger partial charge in [-0.1, -0.05) is 113 Å². The first kappa shape index (κ1) is 46.0. The van der Waals surface area contributed by atoms with Gasteiger partial charge in [-0.15, -0.1) is 0 Å². The van der Waals surface area contributed by atoms with Gasteiger partial charge in [0.25, 0.3) is 0 Å². The monoisotopic (exact) mass is 689 g/mol. The lowest BCUT2D eigenvalue weighted by molar-refractivity contribution is -0.887. The van der Waals surface area contributed by atoms with Gasteiger partial charge in [0, 0.05) is 19.3 Å². The van der Waals surface area contributed by atoms with Gasteiger partial charge < -0.3 is 23.8 Å². The van der Waals surface area contributed by atoms with E-state index in [0.717, 1.165) is 77.0 Å². The highest BCUT2D eigenvalue weighted by Crippen LogP contribution is 2.12. The van der Waals surface area contributed by atoms with Gasteiger partial charge in [0.15, 0.2) is 12.1 Å². The molecule has 2 atom stereocenters. The van der Waals surface area contributed by atoms with Crippen LogP contribution in [0.1, 0.15) is 129 Å². The van der Waals surface area contributed by atoms with Crippen molar-refractivity contribution >= 4 is 17.9 Å².